The first-order valence-corrected chi connectivity index (χ1v) is 5.26. The summed E-state index contributed by atoms with van der Waals surface area (Å²) < 4.78 is 9.41. The van der Waals surface area contributed by atoms with Crippen LogP contribution in [-0.2, 0) is 19.1 Å². The molecule has 0 spiro atoms. The minimum absolute atomic E-state index is 0.283. The number of hydrogen-bond acceptors (Lipinski definition) is 6. The number of methoxy groups -OCH3 is 1. The summed E-state index contributed by atoms with van der Waals surface area (Å²) in [6.07, 6.45) is 2.55. The van der Waals surface area contributed by atoms with Crippen LogP contribution in [0.1, 0.15) is 0 Å². The number of amides is 1. The summed E-state index contributed by atoms with van der Waals surface area (Å²) in [5, 5.41) is 19.9. The molecular weight excluding hydrogens is 242 g/mol. The number of fused-ring (bicyclic) bond motifs is 1. The average molecular weight is 255 g/mol. The average Bonchev–Trinajstić information content (AvgIpc) is 2.68. The van der Waals surface area contributed by atoms with Gasteiger partial charge in [-0.05, 0) is 12.2 Å². The molecule has 0 radical (unpaired) electrons. The molecule has 2 aliphatic rings. The number of aliphatic hydroxyl groups is 2. The van der Waals surface area contributed by atoms with Crippen molar-refractivity contribution in [2.75, 3.05) is 7.11 Å². The highest BCUT2D eigenvalue weighted by molar-refractivity contribution is 5.91. The van der Waals surface area contributed by atoms with Crippen LogP contribution in [0.5, 0.6) is 0 Å². The van der Waals surface area contributed by atoms with Crippen LogP contribution in [0.3, 0.4) is 0 Å². The molecule has 0 aromatic heterocycles. The topological polar surface area (TPSA) is 119 Å². The van der Waals surface area contributed by atoms with Crippen molar-refractivity contribution in [3.05, 3.63) is 24.0 Å². The van der Waals surface area contributed by atoms with E-state index in [-0.39, 0.29) is 5.76 Å². The minimum Gasteiger partial charge on any atom is -0.467 e. The lowest BCUT2D eigenvalue weighted by Gasteiger charge is -2.34. The fraction of sp³-hybridized carbons (Fsp3) is 0.455. The quantitative estimate of drug-likeness (QED) is 0.404. The predicted molar refractivity (Wildman–Crippen MR) is 57.5 cm³/mol. The maximum absolute atomic E-state index is 11.6. The molecule has 2 rings (SSSR count). The van der Waals surface area contributed by atoms with E-state index < -0.39 is 35.6 Å². The molecule has 0 saturated carbocycles. The molecule has 7 heteroatoms. The Balaban J connectivity index is 2.40. The second-order valence-corrected chi connectivity index (χ2v) is 4.18. The first-order chi connectivity index (χ1) is 8.40. The molecule has 18 heavy (non-hydrogen) atoms. The molecule has 1 aliphatic heterocycles. The maximum Gasteiger partial charge on any atom is 0.342 e. The second kappa shape index (κ2) is 4.11. The van der Waals surface area contributed by atoms with Gasteiger partial charge in [0.1, 0.15) is 0 Å². The summed E-state index contributed by atoms with van der Waals surface area (Å²) in [6, 6.07) is 0. The van der Waals surface area contributed by atoms with Gasteiger partial charge in [-0.15, -0.1) is 0 Å². The van der Waals surface area contributed by atoms with Gasteiger partial charge >= 0.3 is 5.97 Å². The van der Waals surface area contributed by atoms with E-state index in [4.69, 9.17) is 10.5 Å². The molecule has 4 atom stereocenters. The third-order valence-corrected chi connectivity index (χ3v) is 3.16. The van der Waals surface area contributed by atoms with Crippen molar-refractivity contribution in [3.8, 4) is 0 Å². The monoisotopic (exact) mass is 255 g/mol. The summed E-state index contributed by atoms with van der Waals surface area (Å²) >= 11 is 0. The number of esters is 1. The zero-order valence-corrected chi connectivity index (χ0v) is 9.57. The molecule has 7 nitrogen and oxygen atoms in total. The van der Waals surface area contributed by atoms with Gasteiger partial charge in [0.05, 0.1) is 7.11 Å². The van der Waals surface area contributed by atoms with E-state index in [1.165, 1.54) is 18.2 Å². The normalized spacial score (nSPS) is 37.5. The maximum atomic E-state index is 11.6. The lowest BCUT2D eigenvalue weighted by Crippen LogP contribution is -2.48. The van der Waals surface area contributed by atoms with Gasteiger partial charge in [0.15, 0.2) is 11.4 Å². The summed E-state index contributed by atoms with van der Waals surface area (Å²) in [5.74, 6) is -3.53. The van der Waals surface area contributed by atoms with Gasteiger partial charge in [-0.1, -0.05) is 6.08 Å². The molecule has 1 amide bonds. The van der Waals surface area contributed by atoms with Crippen LogP contribution in [0.15, 0.2) is 24.0 Å². The van der Waals surface area contributed by atoms with Gasteiger partial charge in [-0.25, -0.2) is 4.79 Å². The standard InChI is InChI=1S/C11H13NO6/c1-17-10(15)11(16)3-2-5-6(11)4-7(8(12)13)18-9(5)14/h2-6,9,14,16H,1H3,(H2,12,13)/t5-,6-,9?,11-/m0/s1. The Morgan fingerprint density at radius 3 is 2.78 bits per heavy atom. The van der Waals surface area contributed by atoms with Gasteiger partial charge in [0, 0.05) is 11.8 Å². The van der Waals surface area contributed by atoms with Crippen molar-refractivity contribution < 1.29 is 29.3 Å². The Bertz CT molecular complexity index is 456. The van der Waals surface area contributed by atoms with Crippen molar-refractivity contribution in [1.29, 1.82) is 0 Å². The molecule has 1 heterocycles. The lowest BCUT2D eigenvalue weighted by molar-refractivity contribution is -0.169. The van der Waals surface area contributed by atoms with Gasteiger partial charge < -0.3 is 25.4 Å². The molecule has 0 fully saturated rings. The fourth-order valence-corrected chi connectivity index (χ4v) is 2.21. The molecular formula is C11H13NO6. The molecule has 0 saturated heterocycles. The Labute approximate surface area is 102 Å². The van der Waals surface area contributed by atoms with E-state index in [1.807, 2.05) is 0 Å². The van der Waals surface area contributed by atoms with Crippen LogP contribution < -0.4 is 5.73 Å². The molecule has 1 unspecified atom stereocenters. The van der Waals surface area contributed by atoms with Crippen molar-refractivity contribution in [2.24, 2.45) is 17.6 Å². The number of primary amides is 1. The number of nitrogens with two attached hydrogens (primary N) is 1. The Kier molecular flexibility index (Phi) is 2.88. The van der Waals surface area contributed by atoms with Crippen LogP contribution in [0.25, 0.3) is 0 Å². The molecule has 4 N–H and O–H groups in total. The van der Waals surface area contributed by atoms with Crippen LogP contribution in [0, 0.1) is 11.8 Å². The zero-order valence-electron chi connectivity index (χ0n) is 9.57. The first-order valence-electron chi connectivity index (χ1n) is 5.26. The van der Waals surface area contributed by atoms with Crippen LogP contribution >= 0.6 is 0 Å². The number of hydrogen-bond donors (Lipinski definition) is 3. The van der Waals surface area contributed by atoms with E-state index in [9.17, 15) is 19.8 Å². The minimum atomic E-state index is -1.93. The first kappa shape index (κ1) is 12.6. The Morgan fingerprint density at radius 2 is 2.22 bits per heavy atom. The third-order valence-electron chi connectivity index (χ3n) is 3.16. The number of ether oxygens (including phenoxy) is 2. The Morgan fingerprint density at radius 1 is 1.56 bits per heavy atom. The summed E-state index contributed by atoms with van der Waals surface area (Å²) in [6.45, 7) is 0. The number of carbonyl (C=O) groups excluding carboxylic acids is 2. The molecule has 0 aromatic rings. The second-order valence-electron chi connectivity index (χ2n) is 4.18. The van der Waals surface area contributed by atoms with E-state index in [0.717, 1.165) is 7.11 Å². The van der Waals surface area contributed by atoms with Crippen LogP contribution in [-0.4, -0.2) is 41.1 Å². The van der Waals surface area contributed by atoms with Crippen LogP contribution in [0.4, 0.5) is 0 Å². The predicted octanol–water partition coefficient (Wildman–Crippen LogP) is -1.59. The van der Waals surface area contributed by atoms with Gasteiger partial charge in [0.25, 0.3) is 5.91 Å². The van der Waals surface area contributed by atoms with Crippen molar-refractivity contribution in [2.45, 2.75) is 11.9 Å². The third kappa shape index (κ3) is 1.68. The highest BCUT2D eigenvalue weighted by atomic mass is 16.6. The molecule has 0 aromatic carbocycles. The molecule has 98 valence electrons. The highest BCUT2D eigenvalue weighted by Crippen LogP contribution is 2.42. The largest absolute Gasteiger partial charge is 0.467 e. The van der Waals surface area contributed by atoms with E-state index in [0.29, 0.717) is 0 Å². The summed E-state index contributed by atoms with van der Waals surface area (Å²) in [5.41, 5.74) is 3.12. The van der Waals surface area contributed by atoms with E-state index in [1.54, 1.807) is 0 Å². The smallest absolute Gasteiger partial charge is 0.342 e. The van der Waals surface area contributed by atoms with Crippen LogP contribution in [0.2, 0.25) is 0 Å². The van der Waals surface area contributed by atoms with Crippen molar-refractivity contribution in [1.82, 2.24) is 0 Å². The van der Waals surface area contributed by atoms with Crippen molar-refractivity contribution >= 4 is 11.9 Å². The number of carbonyl (C=O) groups is 2. The van der Waals surface area contributed by atoms with Gasteiger partial charge in [-0.3, -0.25) is 4.79 Å². The number of aliphatic hydroxyl groups excluding tert-OH is 1. The summed E-state index contributed by atoms with van der Waals surface area (Å²) in [7, 11) is 1.13. The van der Waals surface area contributed by atoms with Gasteiger partial charge in [0.2, 0.25) is 6.29 Å². The molecule has 0 bridgehead atoms. The van der Waals surface area contributed by atoms with E-state index in [2.05, 4.69) is 4.74 Å². The SMILES string of the molecule is COC(=O)[C@]1(O)C=C[C@@H]2C(O)OC(C(N)=O)=C[C@@H]21. The summed E-state index contributed by atoms with van der Waals surface area (Å²) in [4.78, 5) is 22.6. The fourth-order valence-electron chi connectivity index (χ4n) is 2.21. The van der Waals surface area contributed by atoms with Crippen molar-refractivity contribution in [3.63, 3.8) is 0 Å². The van der Waals surface area contributed by atoms with Gasteiger partial charge in [-0.2, -0.15) is 0 Å². The zero-order chi connectivity index (χ0) is 13.5. The Hall–Kier alpha value is -1.86. The number of rotatable bonds is 2. The highest BCUT2D eigenvalue weighted by Gasteiger charge is 2.53. The van der Waals surface area contributed by atoms with E-state index >= 15 is 0 Å². The molecule has 1 aliphatic carbocycles. The lowest BCUT2D eigenvalue weighted by atomic mass is 9.82.